The lowest BCUT2D eigenvalue weighted by Gasteiger charge is -2.15. The Balaban J connectivity index is 1.66. The van der Waals surface area contributed by atoms with Gasteiger partial charge in [0.2, 0.25) is 0 Å². The summed E-state index contributed by atoms with van der Waals surface area (Å²) in [4.78, 5) is 17.5. The van der Waals surface area contributed by atoms with Gasteiger partial charge in [-0.05, 0) is 37.8 Å². The molecule has 6 heteroatoms. The first-order chi connectivity index (χ1) is 12.1. The van der Waals surface area contributed by atoms with Crippen LogP contribution in [0.2, 0.25) is 0 Å². The van der Waals surface area contributed by atoms with E-state index < -0.39 is 0 Å². The van der Waals surface area contributed by atoms with E-state index in [1.807, 2.05) is 19.9 Å². The van der Waals surface area contributed by atoms with E-state index in [1.54, 1.807) is 0 Å². The van der Waals surface area contributed by atoms with Gasteiger partial charge in [-0.2, -0.15) is 0 Å². The van der Waals surface area contributed by atoms with Crippen molar-refractivity contribution in [3.05, 3.63) is 34.7 Å². The quantitative estimate of drug-likeness (QED) is 0.818. The van der Waals surface area contributed by atoms with Crippen LogP contribution in [0.25, 0.3) is 11.1 Å². The molecule has 0 spiro atoms. The van der Waals surface area contributed by atoms with Gasteiger partial charge in [0.15, 0.2) is 0 Å². The van der Waals surface area contributed by atoms with Crippen LogP contribution >= 0.6 is 0 Å². The molecule has 0 radical (unpaired) electrons. The summed E-state index contributed by atoms with van der Waals surface area (Å²) in [6, 6.07) is 1.94. The number of fused-ring (bicyclic) bond motifs is 1. The Labute approximate surface area is 147 Å². The normalized spacial score (nSPS) is 17.8. The largest absolute Gasteiger partial charge is 0.348 e. The number of hydrogen-bond donors (Lipinski definition) is 2. The number of aromatic nitrogens is 2. The SMILES string of the molecule is CC(C)c1noc2nc(C3CC3)cc(C(=O)NCC3=CCNCC3)c12. The second-order valence-corrected chi connectivity index (χ2v) is 7.27. The van der Waals surface area contributed by atoms with Gasteiger partial charge < -0.3 is 15.2 Å². The van der Waals surface area contributed by atoms with E-state index in [2.05, 4.69) is 26.9 Å². The Morgan fingerprint density at radius 1 is 1.44 bits per heavy atom. The van der Waals surface area contributed by atoms with Crippen LogP contribution < -0.4 is 10.6 Å². The minimum Gasteiger partial charge on any atom is -0.348 e. The van der Waals surface area contributed by atoms with Crippen molar-refractivity contribution in [1.82, 2.24) is 20.8 Å². The highest BCUT2D eigenvalue weighted by Gasteiger charge is 2.29. The topological polar surface area (TPSA) is 80.0 Å². The number of nitrogens with one attached hydrogen (secondary N) is 2. The lowest BCUT2D eigenvalue weighted by molar-refractivity contribution is 0.0958. The Bertz CT molecular complexity index is 833. The summed E-state index contributed by atoms with van der Waals surface area (Å²) in [5.41, 5.74) is 4.15. The van der Waals surface area contributed by atoms with Gasteiger partial charge in [-0.15, -0.1) is 0 Å². The van der Waals surface area contributed by atoms with Crippen molar-refractivity contribution in [3.8, 4) is 0 Å². The molecule has 1 fully saturated rings. The fraction of sp³-hybridized carbons (Fsp3) is 0.526. The molecule has 2 aliphatic rings. The van der Waals surface area contributed by atoms with Crippen molar-refractivity contribution in [2.45, 2.75) is 44.9 Å². The zero-order chi connectivity index (χ0) is 17.4. The van der Waals surface area contributed by atoms with Crippen LogP contribution in [0.4, 0.5) is 0 Å². The predicted molar refractivity (Wildman–Crippen MR) is 95.8 cm³/mol. The van der Waals surface area contributed by atoms with Crippen LogP contribution in [-0.2, 0) is 0 Å². The highest BCUT2D eigenvalue weighted by atomic mass is 16.5. The van der Waals surface area contributed by atoms with Gasteiger partial charge >= 0.3 is 0 Å². The van der Waals surface area contributed by atoms with Crippen LogP contribution in [0.15, 0.2) is 22.2 Å². The smallest absolute Gasteiger partial charge is 0.259 e. The summed E-state index contributed by atoms with van der Waals surface area (Å²) < 4.78 is 5.45. The molecule has 0 unspecified atom stereocenters. The molecule has 0 saturated heterocycles. The number of carbonyl (C=O) groups excluding carboxylic acids is 1. The molecule has 2 N–H and O–H groups in total. The van der Waals surface area contributed by atoms with Crippen molar-refractivity contribution in [2.75, 3.05) is 19.6 Å². The number of rotatable bonds is 5. The molecule has 132 valence electrons. The Morgan fingerprint density at radius 2 is 2.28 bits per heavy atom. The molecule has 1 saturated carbocycles. The van der Waals surface area contributed by atoms with Crippen LogP contribution in [0.3, 0.4) is 0 Å². The molecule has 1 amide bonds. The third kappa shape index (κ3) is 3.31. The maximum atomic E-state index is 12.9. The highest BCUT2D eigenvalue weighted by molar-refractivity contribution is 6.06. The number of amides is 1. The van der Waals surface area contributed by atoms with Crippen molar-refractivity contribution < 1.29 is 9.32 Å². The zero-order valence-corrected chi connectivity index (χ0v) is 14.8. The molecule has 4 rings (SSSR count). The van der Waals surface area contributed by atoms with Crippen molar-refractivity contribution >= 4 is 17.0 Å². The lowest BCUT2D eigenvalue weighted by atomic mass is 10.0. The molecule has 0 atom stereocenters. The van der Waals surface area contributed by atoms with Gasteiger partial charge in [-0.25, -0.2) is 4.98 Å². The molecule has 1 aliphatic carbocycles. The summed E-state index contributed by atoms with van der Waals surface area (Å²) in [5, 5.41) is 11.3. The van der Waals surface area contributed by atoms with E-state index in [4.69, 9.17) is 4.52 Å². The first kappa shape index (κ1) is 16.3. The van der Waals surface area contributed by atoms with E-state index >= 15 is 0 Å². The molecule has 2 aromatic heterocycles. The predicted octanol–water partition coefficient (Wildman–Crippen LogP) is 2.87. The molecule has 3 heterocycles. The number of carbonyl (C=O) groups is 1. The number of nitrogens with zero attached hydrogens (tertiary/aromatic N) is 2. The fourth-order valence-electron chi connectivity index (χ4n) is 3.27. The summed E-state index contributed by atoms with van der Waals surface area (Å²) >= 11 is 0. The monoisotopic (exact) mass is 340 g/mol. The van der Waals surface area contributed by atoms with Gasteiger partial charge in [0.1, 0.15) is 0 Å². The van der Waals surface area contributed by atoms with E-state index in [1.165, 1.54) is 5.57 Å². The Kier molecular flexibility index (Phi) is 4.29. The van der Waals surface area contributed by atoms with Crippen molar-refractivity contribution in [3.63, 3.8) is 0 Å². The highest BCUT2D eigenvalue weighted by Crippen LogP contribution is 2.41. The molecule has 0 bridgehead atoms. The summed E-state index contributed by atoms with van der Waals surface area (Å²) in [7, 11) is 0. The van der Waals surface area contributed by atoms with Crippen LogP contribution in [0, 0.1) is 0 Å². The number of pyridine rings is 1. The molecule has 6 nitrogen and oxygen atoms in total. The van der Waals surface area contributed by atoms with Gasteiger partial charge in [0.25, 0.3) is 11.6 Å². The molecular weight excluding hydrogens is 316 g/mol. The summed E-state index contributed by atoms with van der Waals surface area (Å²) in [6.07, 6.45) is 5.39. The van der Waals surface area contributed by atoms with Crippen LogP contribution in [-0.4, -0.2) is 35.7 Å². The van der Waals surface area contributed by atoms with Gasteiger partial charge in [-0.3, -0.25) is 4.79 Å². The molecule has 25 heavy (non-hydrogen) atoms. The third-order valence-electron chi connectivity index (χ3n) is 4.91. The molecule has 2 aromatic rings. The van der Waals surface area contributed by atoms with Crippen LogP contribution in [0.5, 0.6) is 0 Å². The standard InChI is InChI=1S/C19H24N4O2/c1-11(2)17-16-14(18(24)21-10-12-5-7-20-8-6-12)9-15(13-3-4-13)22-19(16)25-23-17/h5,9,11,13,20H,3-4,6-8,10H2,1-2H3,(H,21,24). The first-order valence-electron chi connectivity index (χ1n) is 9.10. The van der Waals surface area contributed by atoms with Gasteiger partial charge in [0, 0.05) is 24.7 Å². The lowest BCUT2D eigenvalue weighted by Crippen LogP contribution is -2.30. The maximum absolute atomic E-state index is 12.9. The van der Waals surface area contributed by atoms with E-state index in [0.29, 0.717) is 23.7 Å². The minimum atomic E-state index is -0.0705. The average Bonchev–Trinajstić information content (AvgIpc) is 3.38. The number of hydrogen-bond acceptors (Lipinski definition) is 5. The average molecular weight is 340 g/mol. The van der Waals surface area contributed by atoms with E-state index in [0.717, 1.165) is 49.1 Å². The van der Waals surface area contributed by atoms with Crippen molar-refractivity contribution in [2.24, 2.45) is 0 Å². The van der Waals surface area contributed by atoms with Crippen molar-refractivity contribution in [1.29, 1.82) is 0 Å². The second kappa shape index (κ2) is 6.59. The molecule has 1 aliphatic heterocycles. The maximum Gasteiger partial charge on any atom is 0.259 e. The zero-order valence-electron chi connectivity index (χ0n) is 14.8. The first-order valence-corrected chi connectivity index (χ1v) is 9.10. The molecule has 0 aromatic carbocycles. The molecular formula is C19H24N4O2. The van der Waals surface area contributed by atoms with E-state index in [-0.39, 0.29) is 11.8 Å². The van der Waals surface area contributed by atoms with E-state index in [9.17, 15) is 4.79 Å². The summed E-state index contributed by atoms with van der Waals surface area (Å²) in [5.74, 6) is 0.558. The minimum absolute atomic E-state index is 0.0705. The summed E-state index contributed by atoms with van der Waals surface area (Å²) in [6.45, 7) is 6.53. The second-order valence-electron chi connectivity index (χ2n) is 7.27. The third-order valence-corrected chi connectivity index (χ3v) is 4.91. The van der Waals surface area contributed by atoms with Crippen LogP contribution in [0.1, 0.15) is 66.7 Å². The van der Waals surface area contributed by atoms with Gasteiger partial charge in [-0.1, -0.05) is 30.7 Å². The fourth-order valence-corrected chi connectivity index (χ4v) is 3.27. The van der Waals surface area contributed by atoms with Gasteiger partial charge in [0.05, 0.1) is 16.6 Å². The Morgan fingerprint density at radius 3 is 2.96 bits per heavy atom. The Hall–Kier alpha value is -2.21.